The van der Waals surface area contributed by atoms with E-state index in [0.29, 0.717) is 11.3 Å². The van der Waals surface area contributed by atoms with E-state index in [1.54, 1.807) is 24.3 Å². The lowest BCUT2D eigenvalue weighted by Crippen LogP contribution is -3.13. The molecule has 0 heterocycles. The predicted octanol–water partition coefficient (Wildman–Crippen LogP) is -2.12. The summed E-state index contributed by atoms with van der Waals surface area (Å²) in [6.07, 6.45) is 2.91. The largest absolute Gasteiger partial charge is 0.608 e. The average molecular weight is 274 g/mol. The van der Waals surface area contributed by atoms with E-state index in [-0.39, 0.29) is 11.5 Å². The van der Waals surface area contributed by atoms with E-state index in [2.05, 4.69) is 0 Å². The van der Waals surface area contributed by atoms with Crippen molar-refractivity contribution in [3.63, 3.8) is 0 Å². The third-order valence-electron chi connectivity index (χ3n) is 3.86. The standard InChI is InChI=1S/C13H14N4O3/c14-16(19)9-5-6-10(17(15)20)12-11(9)7-3-1-2-4-8(7)13(12)18/h1-6,11-12,16-17H,14-15H2. The molecule has 0 saturated carbocycles. The molecule has 0 amide bonds. The monoisotopic (exact) mass is 274 g/mol. The molecule has 0 radical (unpaired) electrons. The van der Waals surface area contributed by atoms with Gasteiger partial charge in [-0.3, -0.25) is 15.1 Å². The first-order chi connectivity index (χ1) is 9.52. The second-order valence-corrected chi connectivity index (χ2v) is 4.88. The molecule has 20 heavy (non-hydrogen) atoms. The molecular formula is C13H14N4O3. The number of rotatable bonds is 2. The summed E-state index contributed by atoms with van der Waals surface area (Å²) in [5.74, 6) is 9.28. The molecule has 2 aliphatic rings. The van der Waals surface area contributed by atoms with Gasteiger partial charge >= 0.3 is 0 Å². The Morgan fingerprint density at radius 2 is 1.50 bits per heavy atom. The van der Waals surface area contributed by atoms with Crippen molar-refractivity contribution in [3.05, 3.63) is 69.4 Å². The Hall–Kier alpha value is -1.87. The minimum atomic E-state index is -0.739. The Bertz CT molecular complexity index is 636. The zero-order valence-corrected chi connectivity index (χ0v) is 10.5. The van der Waals surface area contributed by atoms with Crippen molar-refractivity contribution in [2.45, 2.75) is 5.92 Å². The van der Waals surface area contributed by atoms with Crippen molar-refractivity contribution in [1.29, 1.82) is 0 Å². The lowest BCUT2D eigenvalue weighted by molar-refractivity contribution is -0.830. The Labute approximate surface area is 114 Å². The van der Waals surface area contributed by atoms with Gasteiger partial charge in [-0.15, -0.1) is 0 Å². The van der Waals surface area contributed by atoms with Gasteiger partial charge in [0.25, 0.3) is 0 Å². The van der Waals surface area contributed by atoms with Crippen molar-refractivity contribution >= 4 is 5.78 Å². The highest BCUT2D eigenvalue weighted by molar-refractivity contribution is 6.05. The van der Waals surface area contributed by atoms with Crippen LogP contribution < -0.4 is 22.0 Å². The summed E-state index contributed by atoms with van der Waals surface area (Å²) in [4.78, 5) is 12.5. The Kier molecular flexibility index (Phi) is 3.02. The van der Waals surface area contributed by atoms with Crippen LogP contribution in [0, 0.1) is 16.3 Å². The molecule has 0 spiro atoms. The number of allylic oxidation sites excluding steroid dienone is 4. The molecule has 4 unspecified atom stereocenters. The quantitative estimate of drug-likeness (QED) is 0.362. The molecule has 0 aliphatic heterocycles. The molecule has 4 atom stereocenters. The van der Waals surface area contributed by atoms with Gasteiger partial charge in [-0.1, -0.05) is 24.3 Å². The molecule has 1 aromatic rings. The maximum Gasteiger partial charge on any atom is 0.177 e. The molecule has 0 aromatic heterocycles. The van der Waals surface area contributed by atoms with Crippen LogP contribution in [-0.2, 0) is 0 Å². The summed E-state index contributed by atoms with van der Waals surface area (Å²) in [6.45, 7) is 0. The molecular weight excluding hydrogens is 260 g/mol. The molecule has 0 bridgehead atoms. The van der Waals surface area contributed by atoms with Crippen molar-refractivity contribution < 1.29 is 15.1 Å². The number of nitrogens with two attached hydrogens (primary N) is 2. The van der Waals surface area contributed by atoms with E-state index in [1.807, 2.05) is 0 Å². The van der Waals surface area contributed by atoms with Crippen LogP contribution in [0.15, 0.2) is 47.8 Å². The summed E-state index contributed by atoms with van der Waals surface area (Å²) >= 11 is 0. The first kappa shape index (κ1) is 13.1. The summed E-state index contributed by atoms with van der Waals surface area (Å²) in [6, 6.07) is 7.00. The zero-order chi connectivity index (χ0) is 14.4. The van der Waals surface area contributed by atoms with E-state index >= 15 is 0 Å². The van der Waals surface area contributed by atoms with E-state index in [1.165, 1.54) is 12.2 Å². The number of hydroxylamine groups is 2. The van der Waals surface area contributed by atoms with Crippen LogP contribution in [0.1, 0.15) is 21.8 Å². The van der Waals surface area contributed by atoms with Crippen molar-refractivity contribution in [1.82, 2.24) is 0 Å². The van der Waals surface area contributed by atoms with Crippen molar-refractivity contribution in [2.75, 3.05) is 0 Å². The predicted molar refractivity (Wildman–Crippen MR) is 70.2 cm³/mol. The van der Waals surface area contributed by atoms with E-state index in [4.69, 9.17) is 11.7 Å². The molecule has 3 rings (SSSR count). The average Bonchev–Trinajstić information content (AvgIpc) is 2.72. The molecule has 2 aliphatic carbocycles. The minimum Gasteiger partial charge on any atom is -0.608 e. The number of quaternary nitrogens is 2. The molecule has 7 nitrogen and oxygen atoms in total. The second kappa shape index (κ2) is 4.60. The number of hydrogen-bond acceptors (Lipinski definition) is 5. The third kappa shape index (κ3) is 1.74. The third-order valence-corrected chi connectivity index (χ3v) is 3.86. The maximum atomic E-state index is 12.5. The van der Waals surface area contributed by atoms with Gasteiger partial charge in [0.05, 0.1) is 5.92 Å². The molecule has 1 aromatic carbocycles. The number of fused-ring (bicyclic) bond motifs is 3. The fourth-order valence-corrected chi connectivity index (χ4v) is 3.02. The zero-order valence-electron chi connectivity index (χ0n) is 10.5. The topological polar surface area (TPSA) is 124 Å². The van der Waals surface area contributed by atoms with E-state index < -0.39 is 22.2 Å². The van der Waals surface area contributed by atoms with Gasteiger partial charge in [-0.25, -0.2) is 0 Å². The molecule has 6 N–H and O–H groups in total. The molecule has 0 fully saturated rings. The molecule has 7 heteroatoms. The highest BCUT2D eigenvalue weighted by Gasteiger charge is 2.49. The van der Waals surface area contributed by atoms with Crippen LogP contribution in [0.3, 0.4) is 0 Å². The fourth-order valence-electron chi connectivity index (χ4n) is 3.02. The minimum absolute atomic E-state index is 0.192. The Morgan fingerprint density at radius 1 is 0.950 bits per heavy atom. The van der Waals surface area contributed by atoms with Crippen LogP contribution in [0.4, 0.5) is 0 Å². The van der Waals surface area contributed by atoms with Gasteiger partial charge < -0.3 is 10.4 Å². The Balaban J connectivity index is 2.19. The first-order valence-corrected chi connectivity index (χ1v) is 6.17. The highest BCUT2D eigenvalue weighted by Crippen LogP contribution is 2.44. The number of ketones is 1. The summed E-state index contributed by atoms with van der Waals surface area (Å²) < 4.78 is 0. The van der Waals surface area contributed by atoms with Gasteiger partial charge in [0.1, 0.15) is 17.3 Å². The maximum absolute atomic E-state index is 12.5. The van der Waals surface area contributed by atoms with Crippen LogP contribution in [-0.4, -0.2) is 5.78 Å². The number of benzene rings is 1. The van der Waals surface area contributed by atoms with Crippen LogP contribution in [0.2, 0.25) is 0 Å². The van der Waals surface area contributed by atoms with Crippen LogP contribution in [0.25, 0.3) is 0 Å². The Morgan fingerprint density at radius 3 is 2.10 bits per heavy atom. The number of carbonyl (C=O) groups excluding carboxylic acids is 1. The first-order valence-electron chi connectivity index (χ1n) is 6.17. The van der Waals surface area contributed by atoms with Gasteiger partial charge in [0.15, 0.2) is 5.78 Å². The number of nitrogens with one attached hydrogen (secondary N) is 2. The number of Topliss-reactive ketones (excluding diaryl/α,β-unsaturated/α-hetero) is 1. The second-order valence-electron chi connectivity index (χ2n) is 4.88. The van der Waals surface area contributed by atoms with Gasteiger partial charge in [-0.2, -0.15) is 11.7 Å². The van der Waals surface area contributed by atoms with Gasteiger partial charge in [-0.05, 0) is 5.56 Å². The van der Waals surface area contributed by atoms with Gasteiger partial charge in [0, 0.05) is 17.7 Å². The number of hydrogen-bond donors (Lipinski definition) is 4. The van der Waals surface area contributed by atoms with E-state index in [9.17, 15) is 15.2 Å². The van der Waals surface area contributed by atoms with Crippen molar-refractivity contribution in [2.24, 2.45) is 17.6 Å². The fraction of sp³-hybridized carbons (Fsp3) is 0.154. The van der Waals surface area contributed by atoms with Crippen LogP contribution >= 0.6 is 0 Å². The lowest BCUT2D eigenvalue weighted by atomic mass is 9.83. The van der Waals surface area contributed by atoms with Crippen molar-refractivity contribution in [3.8, 4) is 0 Å². The highest BCUT2D eigenvalue weighted by atomic mass is 16.5. The summed E-state index contributed by atoms with van der Waals surface area (Å²) in [5, 5.41) is 21.9. The normalized spacial score (nSPS) is 27.3. The SMILES string of the molecule is N[NH+]([O-])C1=CC=C([NH+](N)[O-])C2c3ccccc3C(=O)C12. The smallest absolute Gasteiger partial charge is 0.177 e. The lowest BCUT2D eigenvalue weighted by Gasteiger charge is -2.32. The van der Waals surface area contributed by atoms with E-state index in [0.717, 1.165) is 5.56 Å². The van der Waals surface area contributed by atoms with Crippen LogP contribution in [0.5, 0.6) is 0 Å². The molecule has 104 valence electrons. The van der Waals surface area contributed by atoms with Gasteiger partial charge in [0.2, 0.25) is 0 Å². The molecule has 0 saturated heterocycles. The summed E-state index contributed by atoms with van der Waals surface area (Å²) in [5.41, 5.74) is 1.79. The summed E-state index contributed by atoms with van der Waals surface area (Å²) in [7, 11) is 0. The number of carbonyl (C=O) groups is 1.